The first kappa shape index (κ1) is 8.31. The van der Waals surface area contributed by atoms with Crippen LogP contribution in [0.3, 0.4) is 0 Å². The lowest BCUT2D eigenvalue weighted by atomic mass is 10.1. The van der Waals surface area contributed by atoms with Gasteiger partial charge in [-0.25, -0.2) is 0 Å². The predicted octanol–water partition coefficient (Wildman–Crippen LogP) is 3.65. The van der Waals surface area contributed by atoms with E-state index in [-0.39, 0.29) is 0 Å². The maximum atomic E-state index is 3.44. The minimum absolute atomic E-state index is 0.964. The third-order valence-corrected chi connectivity index (χ3v) is 3.22. The number of halogens is 1. The smallest absolute Gasteiger partial charge is 0.0175 e. The molecule has 0 radical (unpaired) electrons. The Morgan fingerprint density at radius 3 is 2.42 bits per heavy atom. The fourth-order valence-corrected chi connectivity index (χ4v) is 1.87. The zero-order valence-corrected chi connectivity index (χ0v) is 8.84. The summed E-state index contributed by atoms with van der Waals surface area (Å²) in [6.07, 6.45) is 2.70. The minimum atomic E-state index is 0.964. The molecular weight excluding hydrogens is 212 g/mol. The summed E-state index contributed by atoms with van der Waals surface area (Å²) in [6.45, 7) is 2.34. The Hall–Kier alpha value is -0.300. The molecule has 64 valence electrons. The molecule has 0 aliphatic heterocycles. The van der Waals surface area contributed by atoms with Gasteiger partial charge < -0.3 is 0 Å². The molecule has 0 bridgehead atoms. The highest BCUT2D eigenvalue weighted by Gasteiger charge is 2.31. The van der Waals surface area contributed by atoms with E-state index in [0.717, 1.165) is 11.8 Å². The molecule has 0 nitrogen and oxygen atoms in total. The van der Waals surface area contributed by atoms with Crippen LogP contribution in [0.25, 0.3) is 0 Å². The van der Waals surface area contributed by atoms with Crippen molar-refractivity contribution in [3.05, 3.63) is 34.3 Å². The van der Waals surface area contributed by atoms with E-state index in [1.165, 1.54) is 22.9 Å². The summed E-state index contributed by atoms with van der Waals surface area (Å²) in [5, 5.41) is 0. The number of hydrogen-bond acceptors (Lipinski definition) is 0. The largest absolute Gasteiger partial charge is 0.0622 e. The van der Waals surface area contributed by atoms with E-state index in [2.05, 4.69) is 47.1 Å². The monoisotopic (exact) mass is 224 g/mol. The van der Waals surface area contributed by atoms with Gasteiger partial charge in [0.15, 0.2) is 0 Å². The Morgan fingerprint density at radius 1 is 1.33 bits per heavy atom. The molecule has 1 aromatic rings. The molecule has 1 saturated carbocycles. The van der Waals surface area contributed by atoms with Gasteiger partial charge >= 0.3 is 0 Å². The van der Waals surface area contributed by atoms with E-state index in [1.807, 2.05) is 0 Å². The first-order chi connectivity index (χ1) is 5.75. The normalized spacial score (nSPS) is 27.2. The fraction of sp³-hybridized carbons (Fsp3) is 0.455. The Balaban J connectivity index is 2.00. The van der Waals surface area contributed by atoms with Crippen LogP contribution in [0.1, 0.15) is 18.9 Å². The van der Waals surface area contributed by atoms with Crippen molar-refractivity contribution >= 4 is 15.9 Å². The van der Waals surface area contributed by atoms with Crippen LogP contribution >= 0.6 is 15.9 Å². The number of benzene rings is 1. The molecule has 0 unspecified atom stereocenters. The van der Waals surface area contributed by atoms with E-state index in [4.69, 9.17) is 0 Å². The third-order valence-electron chi connectivity index (χ3n) is 2.69. The van der Waals surface area contributed by atoms with Crippen LogP contribution in [0.4, 0.5) is 0 Å². The molecule has 0 N–H and O–H groups in total. The lowest BCUT2D eigenvalue weighted by Gasteiger charge is -1.98. The molecular formula is C11H13Br. The lowest BCUT2D eigenvalue weighted by Crippen LogP contribution is -1.87. The average Bonchev–Trinajstić information content (AvgIpc) is 2.72. The van der Waals surface area contributed by atoms with Gasteiger partial charge in [0.2, 0.25) is 0 Å². The number of rotatable bonds is 2. The first-order valence-electron chi connectivity index (χ1n) is 4.50. The summed E-state index contributed by atoms with van der Waals surface area (Å²) in [5.74, 6) is 1.93. The molecule has 0 saturated heterocycles. The Morgan fingerprint density at radius 2 is 1.92 bits per heavy atom. The Bertz CT molecular complexity index is 263. The maximum Gasteiger partial charge on any atom is 0.0175 e. The second kappa shape index (κ2) is 3.21. The quantitative estimate of drug-likeness (QED) is 0.720. The average molecular weight is 225 g/mol. The van der Waals surface area contributed by atoms with Crippen molar-refractivity contribution in [2.24, 2.45) is 11.8 Å². The molecule has 1 fully saturated rings. The molecule has 0 heterocycles. The van der Waals surface area contributed by atoms with Gasteiger partial charge in [0.1, 0.15) is 0 Å². The topological polar surface area (TPSA) is 0 Å². The van der Waals surface area contributed by atoms with Gasteiger partial charge in [-0.2, -0.15) is 0 Å². The summed E-state index contributed by atoms with van der Waals surface area (Å²) in [4.78, 5) is 0. The maximum absolute atomic E-state index is 3.44. The van der Waals surface area contributed by atoms with Gasteiger partial charge in [0.25, 0.3) is 0 Å². The Kier molecular flexibility index (Phi) is 2.22. The van der Waals surface area contributed by atoms with Gasteiger partial charge in [-0.05, 0) is 42.4 Å². The molecule has 1 aliphatic carbocycles. The third kappa shape index (κ3) is 1.89. The predicted molar refractivity (Wildman–Crippen MR) is 55.1 cm³/mol. The minimum Gasteiger partial charge on any atom is -0.0622 e. The molecule has 2 atom stereocenters. The molecule has 1 aromatic carbocycles. The van der Waals surface area contributed by atoms with Crippen molar-refractivity contribution in [1.29, 1.82) is 0 Å². The van der Waals surface area contributed by atoms with Gasteiger partial charge in [0, 0.05) is 4.47 Å². The second-order valence-corrected chi connectivity index (χ2v) is 4.72. The second-order valence-electron chi connectivity index (χ2n) is 3.80. The van der Waals surface area contributed by atoms with Crippen LogP contribution in [-0.2, 0) is 6.42 Å². The van der Waals surface area contributed by atoms with Crippen molar-refractivity contribution in [1.82, 2.24) is 0 Å². The lowest BCUT2D eigenvalue weighted by molar-refractivity contribution is 0.747. The van der Waals surface area contributed by atoms with Crippen LogP contribution in [0.15, 0.2) is 28.7 Å². The van der Waals surface area contributed by atoms with E-state index in [9.17, 15) is 0 Å². The van der Waals surface area contributed by atoms with Gasteiger partial charge in [-0.1, -0.05) is 35.0 Å². The van der Waals surface area contributed by atoms with Crippen LogP contribution in [0, 0.1) is 11.8 Å². The Labute approximate surface area is 82.1 Å². The number of hydrogen-bond donors (Lipinski definition) is 0. The van der Waals surface area contributed by atoms with Crippen LogP contribution in [0.2, 0.25) is 0 Å². The zero-order chi connectivity index (χ0) is 8.55. The van der Waals surface area contributed by atoms with Crippen LogP contribution in [-0.4, -0.2) is 0 Å². The molecule has 0 aromatic heterocycles. The summed E-state index contributed by atoms with van der Waals surface area (Å²) < 4.78 is 1.18. The first-order valence-corrected chi connectivity index (χ1v) is 5.29. The highest BCUT2D eigenvalue weighted by Crippen LogP contribution is 2.40. The summed E-state index contributed by atoms with van der Waals surface area (Å²) in [7, 11) is 0. The molecule has 0 amide bonds. The van der Waals surface area contributed by atoms with Crippen molar-refractivity contribution in [2.75, 3.05) is 0 Å². The van der Waals surface area contributed by atoms with E-state index in [1.54, 1.807) is 0 Å². The molecule has 0 spiro atoms. The summed E-state index contributed by atoms with van der Waals surface area (Å²) in [5.41, 5.74) is 1.48. The van der Waals surface area contributed by atoms with Crippen molar-refractivity contribution in [3.63, 3.8) is 0 Å². The highest BCUT2D eigenvalue weighted by molar-refractivity contribution is 9.10. The summed E-state index contributed by atoms with van der Waals surface area (Å²) >= 11 is 3.44. The fourth-order valence-electron chi connectivity index (χ4n) is 1.61. The zero-order valence-electron chi connectivity index (χ0n) is 7.26. The van der Waals surface area contributed by atoms with Gasteiger partial charge in [0.05, 0.1) is 0 Å². The van der Waals surface area contributed by atoms with E-state index < -0.39 is 0 Å². The van der Waals surface area contributed by atoms with Crippen molar-refractivity contribution in [2.45, 2.75) is 19.8 Å². The molecule has 1 heteroatoms. The summed E-state index contributed by atoms with van der Waals surface area (Å²) in [6, 6.07) is 8.69. The van der Waals surface area contributed by atoms with Crippen molar-refractivity contribution in [3.8, 4) is 0 Å². The highest BCUT2D eigenvalue weighted by atomic mass is 79.9. The van der Waals surface area contributed by atoms with E-state index >= 15 is 0 Å². The van der Waals surface area contributed by atoms with Gasteiger partial charge in [-0.15, -0.1) is 0 Å². The van der Waals surface area contributed by atoms with Crippen LogP contribution in [0.5, 0.6) is 0 Å². The van der Waals surface area contributed by atoms with Crippen LogP contribution < -0.4 is 0 Å². The standard InChI is InChI=1S/C11H13Br/c1-8-6-10(8)7-9-2-4-11(12)5-3-9/h2-5,8,10H,6-7H2,1H3/t8-,10+/m0/s1. The molecule has 1 aliphatic rings. The van der Waals surface area contributed by atoms with E-state index in [0.29, 0.717) is 0 Å². The van der Waals surface area contributed by atoms with Gasteiger partial charge in [-0.3, -0.25) is 0 Å². The molecule has 12 heavy (non-hydrogen) atoms. The van der Waals surface area contributed by atoms with Crippen molar-refractivity contribution < 1.29 is 0 Å². The molecule has 2 rings (SSSR count). The SMILES string of the molecule is C[C@H]1C[C@@H]1Cc1ccc(Br)cc1.